The minimum absolute atomic E-state index is 0.0741. The number of morpholine rings is 1. The third-order valence-electron chi connectivity index (χ3n) is 4.32. The van der Waals surface area contributed by atoms with E-state index in [4.69, 9.17) is 4.74 Å². The molecule has 0 spiro atoms. The second kappa shape index (κ2) is 9.01. The smallest absolute Gasteiger partial charge is 0.221 e. The molecule has 5 heteroatoms. The van der Waals surface area contributed by atoms with Crippen molar-refractivity contribution in [2.24, 2.45) is 0 Å². The molecule has 5 nitrogen and oxygen atoms in total. The molecule has 0 aliphatic carbocycles. The molecule has 2 rings (SSSR count). The van der Waals surface area contributed by atoms with Gasteiger partial charge in [0.05, 0.1) is 19.3 Å². The zero-order valence-electron chi connectivity index (χ0n) is 14.5. The van der Waals surface area contributed by atoms with Crippen LogP contribution in [-0.4, -0.2) is 57.2 Å². The molecule has 1 aromatic rings. The van der Waals surface area contributed by atoms with E-state index in [1.54, 1.807) is 0 Å². The molecule has 128 valence electrons. The van der Waals surface area contributed by atoms with E-state index in [0.717, 1.165) is 19.6 Å². The molecule has 1 fully saturated rings. The Morgan fingerprint density at radius 1 is 1.39 bits per heavy atom. The first-order valence-corrected chi connectivity index (χ1v) is 8.43. The van der Waals surface area contributed by atoms with Crippen molar-refractivity contribution >= 4 is 5.91 Å². The Balaban J connectivity index is 1.87. The number of rotatable bonds is 7. The SMILES string of the molecule is CCc1ccc(C(CNC(=O)CC2COCCN2)N(C)C)cc1. The highest BCUT2D eigenvalue weighted by atomic mass is 16.5. The summed E-state index contributed by atoms with van der Waals surface area (Å²) in [5.41, 5.74) is 2.56. The number of ether oxygens (including phenoxy) is 1. The van der Waals surface area contributed by atoms with E-state index in [9.17, 15) is 4.79 Å². The van der Waals surface area contributed by atoms with E-state index >= 15 is 0 Å². The number of amides is 1. The van der Waals surface area contributed by atoms with Crippen molar-refractivity contribution in [1.82, 2.24) is 15.5 Å². The summed E-state index contributed by atoms with van der Waals surface area (Å²) in [5, 5.41) is 6.37. The topological polar surface area (TPSA) is 53.6 Å². The number of carbonyl (C=O) groups excluding carboxylic acids is 1. The van der Waals surface area contributed by atoms with Crippen LogP contribution in [-0.2, 0) is 16.0 Å². The van der Waals surface area contributed by atoms with E-state index in [2.05, 4.69) is 46.7 Å². The van der Waals surface area contributed by atoms with Gasteiger partial charge in [0.2, 0.25) is 5.91 Å². The van der Waals surface area contributed by atoms with Crippen LogP contribution in [0, 0.1) is 0 Å². The first kappa shape index (κ1) is 17.9. The number of carbonyl (C=O) groups is 1. The van der Waals surface area contributed by atoms with Crippen molar-refractivity contribution in [2.45, 2.75) is 31.8 Å². The van der Waals surface area contributed by atoms with Crippen LogP contribution in [0.2, 0.25) is 0 Å². The number of benzene rings is 1. The molecule has 2 N–H and O–H groups in total. The van der Waals surface area contributed by atoms with Crippen molar-refractivity contribution in [3.8, 4) is 0 Å². The van der Waals surface area contributed by atoms with Crippen molar-refractivity contribution in [3.05, 3.63) is 35.4 Å². The van der Waals surface area contributed by atoms with Gasteiger partial charge >= 0.3 is 0 Å². The zero-order chi connectivity index (χ0) is 16.7. The predicted octanol–water partition coefficient (Wildman–Crippen LogP) is 1.35. The first-order valence-electron chi connectivity index (χ1n) is 8.43. The molecular weight excluding hydrogens is 290 g/mol. The fourth-order valence-corrected chi connectivity index (χ4v) is 2.83. The van der Waals surface area contributed by atoms with Crippen LogP contribution in [0.25, 0.3) is 0 Å². The second-order valence-electron chi connectivity index (χ2n) is 6.31. The van der Waals surface area contributed by atoms with Crippen LogP contribution < -0.4 is 10.6 Å². The molecule has 1 heterocycles. The summed E-state index contributed by atoms with van der Waals surface area (Å²) in [6.45, 7) is 4.94. The Labute approximate surface area is 139 Å². The summed E-state index contributed by atoms with van der Waals surface area (Å²) in [6, 6.07) is 8.96. The molecule has 0 bridgehead atoms. The first-order chi connectivity index (χ1) is 11.1. The lowest BCUT2D eigenvalue weighted by atomic mass is 10.0. The Bertz CT molecular complexity index is 482. The maximum absolute atomic E-state index is 12.1. The van der Waals surface area contributed by atoms with E-state index in [1.165, 1.54) is 11.1 Å². The Morgan fingerprint density at radius 2 is 2.13 bits per heavy atom. The van der Waals surface area contributed by atoms with Crippen molar-refractivity contribution in [3.63, 3.8) is 0 Å². The van der Waals surface area contributed by atoms with Gasteiger partial charge in [-0.15, -0.1) is 0 Å². The molecule has 2 atom stereocenters. The highest BCUT2D eigenvalue weighted by Crippen LogP contribution is 2.18. The number of aryl methyl sites for hydroxylation is 1. The lowest BCUT2D eigenvalue weighted by molar-refractivity contribution is -0.122. The van der Waals surface area contributed by atoms with Gasteiger partial charge in [0, 0.05) is 25.6 Å². The molecular formula is C18H29N3O2. The molecule has 1 saturated heterocycles. The van der Waals surface area contributed by atoms with Gasteiger partial charge in [0.1, 0.15) is 0 Å². The molecule has 1 aliphatic rings. The lowest BCUT2D eigenvalue weighted by Gasteiger charge is -2.27. The highest BCUT2D eigenvalue weighted by molar-refractivity contribution is 5.76. The monoisotopic (exact) mass is 319 g/mol. The van der Waals surface area contributed by atoms with E-state index in [-0.39, 0.29) is 18.0 Å². The molecule has 23 heavy (non-hydrogen) atoms. The van der Waals surface area contributed by atoms with E-state index in [1.807, 2.05) is 14.1 Å². The average Bonchev–Trinajstić information content (AvgIpc) is 2.56. The van der Waals surface area contributed by atoms with Crippen LogP contribution in [0.4, 0.5) is 0 Å². The minimum Gasteiger partial charge on any atom is -0.378 e. The van der Waals surface area contributed by atoms with Crippen LogP contribution in [0.15, 0.2) is 24.3 Å². The van der Waals surface area contributed by atoms with Crippen molar-refractivity contribution in [2.75, 3.05) is 40.4 Å². The summed E-state index contributed by atoms with van der Waals surface area (Å²) in [6.07, 6.45) is 1.51. The molecule has 1 amide bonds. The number of hydrogen-bond donors (Lipinski definition) is 2. The average molecular weight is 319 g/mol. The number of hydrogen-bond acceptors (Lipinski definition) is 4. The predicted molar refractivity (Wildman–Crippen MR) is 92.5 cm³/mol. The van der Waals surface area contributed by atoms with Crippen LogP contribution in [0.1, 0.15) is 30.5 Å². The molecule has 0 aromatic heterocycles. The van der Waals surface area contributed by atoms with Gasteiger partial charge in [-0.2, -0.15) is 0 Å². The van der Waals surface area contributed by atoms with E-state index in [0.29, 0.717) is 19.6 Å². The van der Waals surface area contributed by atoms with Crippen LogP contribution in [0.5, 0.6) is 0 Å². The standard InChI is InChI=1S/C18H29N3O2/c1-4-14-5-7-15(8-6-14)17(21(2)3)12-20-18(22)11-16-13-23-10-9-19-16/h5-8,16-17,19H,4,9-13H2,1-3H3,(H,20,22). The summed E-state index contributed by atoms with van der Waals surface area (Å²) < 4.78 is 5.39. The second-order valence-corrected chi connectivity index (χ2v) is 6.31. The molecule has 1 aliphatic heterocycles. The van der Waals surface area contributed by atoms with Gasteiger partial charge < -0.3 is 20.3 Å². The van der Waals surface area contributed by atoms with Gasteiger partial charge in [-0.25, -0.2) is 0 Å². The molecule has 0 saturated carbocycles. The largest absolute Gasteiger partial charge is 0.378 e. The summed E-state index contributed by atoms with van der Waals surface area (Å²) in [4.78, 5) is 14.3. The molecule has 0 radical (unpaired) electrons. The van der Waals surface area contributed by atoms with Gasteiger partial charge in [-0.1, -0.05) is 31.2 Å². The van der Waals surface area contributed by atoms with Crippen LogP contribution >= 0.6 is 0 Å². The summed E-state index contributed by atoms with van der Waals surface area (Å²) >= 11 is 0. The lowest BCUT2D eigenvalue weighted by Crippen LogP contribution is -2.45. The minimum atomic E-state index is 0.0741. The fourth-order valence-electron chi connectivity index (χ4n) is 2.83. The summed E-state index contributed by atoms with van der Waals surface area (Å²) in [7, 11) is 4.09. The van der Waals surface area contributed by atoms with Crippen molar-refractivity contribution < 1.29 is 9.53 Å². The number of nitrogens with zero attached hydrogens (tertiary/aromatic N) is 1. The highest BCUT2D eigenvalue weighted by Gasteiger charge is 2.19. The number of nitrogens with one attached hydrogen (secondary N) is 2. The third kappa shape index (κ3) is 5.61. The van der Waals surface area contributed by atoms with E-state index < -0.39 is 0 Å². The Hall–Kier alpha value is -1.43. The maximum Gasteiger partial charge on any atom is 0.221 e. The van der Waals surface area contributed by atoms with Crippen molar-refractivity contribution in [1.29, 1.82) is 0 Å². The molecule has 1 aromatic carbocycles. The van der Waals surface area contributed by atoms with Gasteiger partial charge in [0.25, 0.3) is 0 Å². The normalized spacial score (nSPS) is 19.6. The maximum atomic E-state index is 12.1. The summed E-state index contributed by atoms with van der Waals surface area (Å²) in [5.74, 6) is 0.0741. The Kier molecular flexibility index (Phi) is 7.02. The van der Waals surface area contributed by atoms with Gasteiger partial charge in [-0.05, 0) is 31.6 Å². The molecule has 2 unspecified atom stereocenters. The third-order valence-corrected chi connectivity index (χ3v) is 4.32. The van der Waals surface area contributed by atoms with Gasteiger partial charge in [-0.3, -0.25) is 4.79 Å². The Morgan fingerprint density at radius 3 is 2.70 bits per heavy atom. The fraction of sp³-hybridized carbons (Fsp3) is 0.611. The quantitative estimate of drug-likeness (QED) is 0.796. The van der Waals surface area contributed by atoms with Gasteiger partial charge in [0.15, 0.2) is 0 Å². The van der Waals surface area contributed by atoms with Crippen LogP contribution in [0.3, 0.4) is 0 Å². The number of likely N-dealkylation sites (N-methyl/N-ethyl adjacent to an activating group) is 1. The zero-order valence-corrected chi connectivity index (χ0v) is 14.5.